The first-order chi connectivity index (χ1) is 14.4. The van der Waals surface area contributed by atoms with Crippen LogP contribution in [0.3, 0.4) is 0 Å². The summed E-state index contributed by atoms with van der Waals surface area (Å²) >= 11 is 0. The van der Waals surface area contributed by atoms with E-state index >= 15 is 0 Å². The van der Waals surface area contributed by atoms with E-state index < -0.39 is 0 Å². The number of amidine groups is 1. The summed E-state index contributed by atoms with van der Waals surface area (Å²) < 4.78 is 1.73. The Kier molecular flexibility index (Phi) is 5.32. The zero-order valence-electron chi connectivity index (χ0n) is 17.9. The Morgan fingerprint density at radius 2 is 1.83 bits per heavy atom. The molecular weight excluding hydrogens is 380 g/mol. The third-order valence-corrected chi connectivity index (χ3v) is 5.45. The predicted octanol–water partition coefficient (Wildman–Crippen LogP) is 2.91. The Bertz CT molecular complexity index is 971. The summed E-state index contributed by atoms with van der Waals surface area (Å²) in [4.78, 5) is 36.3. The number of aromatic nitrogens is 2. The fraction of sp³-hybridized carbons (Fsp3) is 0.455. The number of carbonyl (C=O) groups is 2. The number of nitrogens with zero attached hydrogens (tertiary/aromatic N) is 6. The van der Waals surface area contributed by atoms with E-state index in [9.17, 15) is 9.59 Å². The summed E-state index contributed by atoms with van der Waals surface area (Å²) in [7, 11) is 0. The smallest absolute Gasteiger partial charge is 0.331 e. The summed E-state index contributed by atoms with van der Waals surface area (Å²) in [6.45, 7) is 9.20. The first kappa shape index (κ1) is 20.1. The minimum absolute atomic E-state index is 0.0372. The quantitative estimate of drug-likeness (QED) is 0.764. The lowest BCUT2D eigenvalue weighted by molar-refractivity contribution is -0.133. The molecule has 0 atom stereocenters. The lowest BCUT2D eigenvalue weighted by Gasteiger charge is -2.39. The van der Waals surface area contributed by atoms with Gasteiger partial charge in [-0.15, -0.1) is 0 Å². The van der Waals surface area contributed by atoms with Crippen molar-refractivity contribution in [2.75, 3.05) is 24.5 Å². The Morgan fingerprint density at radius 3 is 2.50 bits per heavy atom. The van der Waals surface area contributed by atoms with E-state index in [2.05, 4.69) is 10.1 Å². The van der Waals surface area contributed by atoms with Crippen molar-refractivity contribution in [3.8, 4) is 5.69 Å². The van der Waals surface area contributed by atoms with Crippen molar-refractivity contribution in [2.24, 2.45) is 4.99 Å². The fourth-order valence-electron chi connectivity index (χ4n) is 4.31. The molecule has 1 aromatic carbocycles. The third-order valence-electron chi connectivity index (χ3n) is 5.45. The van der Waals surface area contributed by atoms with E-state index in [1.54, 1.807) is 20.7 Å². The molecular formula is C22H28N6O2. The summed E-state index contributed by atoms with van der Waals surface area (Å²) in [5, 5.41) is 4.56. The van der Waals surface area contributed by atoms with Crippen LogP contribution in [0, 0.1) is 0 Å². The van der Waals surface area contributed by atoms with E-state index in [-0.39, 0.29) is 30.6 Å². The zero-order chi connectivity index (χ0) is 21.4. The van der Waals surface area contributed by atoms with Gasteiger partial charge in [-0.1, -0.05) is 18.2 Å². The van der Waals surface area contributed by atoms with Crippen LogP contribution in [0.1, 0.15) is 39.7 Å². The molecule has 0 N–H and O–H groups in total. The molecule has 0 bridgehead atoms. The largest absolute Gasteiger partial charge is 0.336 e. The van der Waals surface area contributed by atoms with Crippen molar-refractivity contribution in [3.05, 3.63) is 42.1 Å². The van der Waals surface area contributed by atoms with E-state index in [1.807, 2.05) is 62.9 Å². The molecule has 1 aromatic heterocycles. The van der Waals surface area contributed by atoms with Crippen molar-refractivity contribution in [1.29, 1.82) is 0 Å². The van der Waals surface area contributed by atoms with Crippen LogP contribution in [0.2, 0.25) is 0 Å². The molecule has 158 valence electrons. The molecule has 4 rings (SSSR count). The number of urea groups is 1. The molecule has 8 nitrogen and oxygen atoms in total. The number of rotatable bonds is 5. The van der Waals surface area contributed by atoms with Crippen molar-refractivity contribution in [3.63, 3.8) is 0 Å². The minimum Gasteiger partial charge on any atom is -0.336 e. The van der Waals surface area contributed by atoms with Gasteiger partial charge in [-0.05, 0) is 46.2 Å². The van der Waals surface area contributed by atoms with Gasteiger partial charge in [0, 0.05) is 25.2 Å². The maximum atomic E-state index is 13.5. The van der Waals surface area contributed by atoms with Gasteiger partial charge in [-0.25, -0.2) is 9.48 Å². The minimum atomic E-state index is -0.223. The van der Waals surface area contributed by atoms with Crippen molar-refractivity contribution >= 4 is 23.6 Å². The average molecular weight is 409 g/mol. The van der Waals surface area contributed by atoms with Gasteiger partial charge >= 0.3 is 6.03 Å². The molecule has 0 saturated carbocycles. The molecule has 2 aliphatic heterocycles. The SMILES string of the molecule is CC(C)N(C(=O)CN1C(=O)N2CCCN=C2c2cnn(-c3ccccc3)c21)C(C)C. The van der Waals surface area contributed by atoms with Crippen LogP contribution in [0.15, 0.2) is 41.5 Å². The molecule has 30 heavy (non-hydrogen) atoms. The number of anilines is 1. The number of amides is 3. The second kappa shape index (κ2) is 7.93. The molecule has 0 aliphatic carbocycles. The molecule has 0 unspecified atom stereocenters. The highest BCUT2D eigenvalue weighted by Gasteiger charge is 2.41. The van der Waals surface area contributed by atoms with Gasteiger partial charge < -0.3 is 4.90 Å². The molecule has 0 fully saturated rings. The van der Waals surface area contributed by atoms with Gasteiger partial charge in [-0.3, -0.25) is 19.6 Å². The van der Waals surface area contributed by atoms with E-state index in [0.717, 1.165) is 17.7 Å². The van der Waals surface area contributed by atoms with Crippen LogP contribution >= 0.6 is 0 Å². The Balaban J connectivity index is 1.80. The number of aliphatic imine (C=N–C) groups is 1. The highest BCUT2D eigenvalue weighted by atomic mass is 16.2. The molecule has 2 aromatic rings. The molecule has 3 amide bonds. The zero-order valence-corrected chi connectivity index (χ0v) is 17.9. The van der Waals surface area contributed by atoms with E-state index in [4.69, 9.17) is 0 Å². The highest BCUT2D eigenvalue weighted by molar-refractivity contribution is 6.19. The first-order valence-corrected chi connectivity index (χ1v) is 10.5. The lowest BCUT2D eigenvalue weighted by atomic mass is 10.1. The lowest BCUT2D eigenvalue weighted by Crippen LogP contribution is -2.57. The predicted molar refractivity (Wildman–Crippen MR) is 116 cm³/mol. The van der Waals surface area contributed by atoms with Crippen LogP contribution in [0.4, 0.5) is 10.6 Å². The van der Waals surface area contributed by atoms with Gasteiger partial charge in [0.05, 0.1) is 17.4 Å². The standard InChI is InChI=1S/C22H28N6O2/c1-15(2)27(16(3)4)19(29)14-26-21-18(20-23-11-8-12-25(20)22(26)30)13-24-28(21)17-9-6-5-7-10-17/h5-7,9-10,13,15-16H,8,11-12,14H2,1-4H3. The molecule has 0 radical (unpaired) electrons. The Labute approximate surface area is 176 Å². The number of benzene rings is 1. The summed E-state index contributed by atoms with van der Waals surface area (Å²) in [6.07, 6.45) is 2.55. The summed E-state index contributed by atoms with van der Waals surface area (Å²) in [5.41, 5.74) is 1.62. The number of hydrogen-bond acceptors (Lipinski definition) is 4. The second-order valence-electron chi connectivity index (χ2n) is 8.20. The summed E-state index contributed by atoms with van der Waals surface area (Å²) in [5.74, 6) is 1.16. The highest BCUT2D eigenvalue weighted by Crippen LogP contribution is 2.32. The monoisotopic (exact) mass is 408 g/mol. The molecule has 0 spiro atoms. The molecule has 0 saturated heterocycles. The average Bonchev–Trinajstić information content (AvgIpc) is 3.16. The Morgan fingerprint density at radius 1 is 1.13 bits per heavy atom. The molecule has 8 heteroatoms. The van der Waals surface area contributed by atoms with Crippen LogP contribution in [-0.4, -0.2) is 69.1 Å². The van der Waals surface area contributed by atoms with Crippen molar-refractivity contribution in [1.82, 2.24) is 19.6 Å². The molecule has 3 heterocycles. The summed E-state index contributed by atoms with van der Waals surface area (Å²) in [6, 6.07) is 9.51. The van der Waals surface area contributed by atoms with Gasteiger partial charge in [0.15, 0.2) is 5.82 Å². The van der Waals surface area contributed by atoms with Crippen LogP contribution in [0.25, 0.3) is 5.69 Å². The number of carbonyl (C=O) groups excluding carboxylic acids is 2. The Hall–Kier alpha value is -3.16. The van der Waals surface area contributed by atoms with E-state index in [1.165, 1.54) is 0 Å². The number of hydrogen-bond donors (Lipinski definition) is 0. The fourth-order valence-corrected chi connectivity index (χ4v) is 4.31. The van der Waals surface area contributed by atoms with Gasteiger partial charge in [0.1, 0.15) is 12.4 Å². The normalized spacial score (nSPS) is 15.9. The van der Waals surface area contributed by atoms with E-state index in [0.29, 0.717) is 24.7 Å². The van der Waals surface area contributed by atoms with Crippen molar-refractivity contribution in [2.45, 2.75) is 46.2 Å². The second-order valence-corrected chi connectivity index (χ2v) is 8.20. The third kappa shape index (κ3) is 3.36. The van der Waals surface area contributed by atoms with Gasteiger partial charge in [-0.2, -0.15) is 5.10 Å². The number of para-hydroxylation sites is 1. The van der Waals surface area contributed by atoms with Crippen LogP contribution in [0.5, 0.6) is 0 Å². The maximum Gasteiger partial charge on any atom is 0.331 e. The van der Waals surface area contributed by atoms with Crippen molar-refractivity contribution < 1.29 is 9.59 Å². The van der Waals surface area contributed by atoms with Gasteiger partial charge in [0.25, 0.3) is 0 Å². The molecule has 2 aliphatic rings. The van der Waals surface area contributed by atoms with Crippen LogP contribution in [-0.2, 0) is 4.79 Å². The topological polar surface area (TPSA) is 74.0 Å². The van der Waals surface area contributed by atoms with Crippen LogP contribution < -0.4 is 4.90 Å². The number of fused-ring (bicyclic) bond motifs is 3. The maximum absolute atomic E-state index is 13.5. The first-order valence-electron chi connectivity index (χ1n) is 10.5. The van der Waals surface area contributed by atoms with Gasteiger partial charge in [0.2, 0.25) is 5.91 Å².